The number of fused-ring (bicyclic) bond motifs is 1. The minimum Gasteiger partial charge on any atom is -0.497 e. The molecule has 0 fully saturated rings. The Hall–Kier alpha value is -2.92. The molecule has 9 heteroatoms. The number of allylic oxidation sites excluding steroid dienone is 1. The Kier molecular flexibility index (Phi) is 7.22. The van der Waals surface area contributed by atoms with Gasteiger partial charge < -0.3 is 14.2 Å². The van der Waals surface area contributed by atoms with Crippen LogP contribution in [-0.2, 0) is 9.53 Å². The van der Waals surface area contributed by atoms with Crippen molar-refractivity contribution < 1.29 is 19.0 Å². The SMILES string of the molecule is CCOC(=O)C1=C(C)N=c2s/c(=C\c3ccc(OC)c(I)c3)c(=O)n2C1c1cccc(OC)c1. The van der Waals surface area contributed by atoms with E-state index < -0.39 is 12.0 Å². The standard InChI is InChI=1S/C25H23IN2O5S/c1-5-33-24(30)21-14(2)27-25-28(22(21)16-7-6-8-17(13-16)31-3)23(29)20(34-25)12-15-9-10-19(32-4)18(26)11-15/h6-13,22H,5H2,1-4H3/b20-12-. The number of halogens is 1. The minimum atomic E-state index is -0.677. The van der Waals surface area contributed by atoms with E-state index in [-0.39, 0.29) is 12.2 Å². The maximum absolute atomic E-state index is 13.6. The van der Waals surface area contributed by atoms with E-state index in [4.69, 9.17) is 14.2 Å². The summed E-state index contributed by atoms with van der Waals surface area (Å²) >= 11 is 3.49. The Morgan fingerprint density at radius 3 is 2.68 bits per heavy atom. The van der Waals surface area contributed by atoms with Gasteiger partial charge in [0.15, 0.2) is 4.80 Å². The summed E-state index contributed by atoms with van der Waals surface area (Å²) in [6.45, 7) is 3.74. The van der Waals surface area contributed by atoms with E-state index in [1.165, 1.54) is 11.3 Å². The number of nitrogens with zero attached hydrogens (tertiary/aromatic N) is 2. The number of esters is 1. The first kappa shape index (κ1) is 24.2. The molecule has 3 aromatic rings. The fourth-order valence-corrected chi connectivity index (χ4v) is 5.65. The van der Waals surface area contributed by atoms with Crippen LogP contribution in [0.4, 0.5) is 0 Å². The van der Waals surface area contributed by atoms with E-state index in [2.05, 4.69) is 27.6 Å². The van der Waals surface area contributed by atoms with Gasteiger partial charge in [-0.05, 0) is 77.9 Å². The Labute approximate surface area is 214 Å². The van der Waals surface area contributed by atoms with Crippen molar-refractivity contribution in [3.8, 4) is 11.5 Å². The normalized spacial score (nSPS) is 15.6. The summed E-state index contributed by atoms with van der Waals surface area (Å²) in [4.78, 5) is 31.7. The summed E-state index contributed by atoms with van der Waals surface area (Å²) < 4.78 is 19.1. The van der Waals surface area contributed by atoms with E-state index in [1.807, 2.05) is 48.5 Å². The van der Waals surface area contributed by atoms with Crippen LogP contribution < -0.4 is 24.4 Å². The maximum Gasteiger partial charge on any atom is 0.338 e. The van der Waals surface area contributed by atoms with Gasteiger partial charge in [0.25, 0.3) is 5.56 Å². The lowest BCUT2D eigenvalue weighted by Gasteiger charge is -2.25. The first-order valence-corrected chi connectivity index (χ1v) is 12.4. The highest BCUT2D eigenvalue weighted by molar-refractivity contribution is 14.1. The van der Waals surface area contributed by atoms with Gasteiger partial charge in [-0.1, -0.05) is 29.5 Å². The number of carbonyl (C=O) groups is 1. The molecule has 0 saturated heterocycles. The second-order valence-corrected chi connectivity index (χ2v) is 9.64. The summed E-state index contributed by atoms with van der Waals surface area (Å²) in [6.07, 6.45) is 1.83. The zero-order valence-corrected chi connectivity index (χ0v) is 22.1. The number of methoxy groups -OCH3 is 2. The van der Waals surface area contributed by atoms with Gasteiger partial charge >= 0.3 is 5.97 Å². The fourth-order valence-electron chi connectivity index (χ4n) is 3.84. The lowest BCUT2D eigenvalue weighted by molar-refractivity contribution is -0.139. The maximum atomic E-state index is 13.6. The quantitative estimate of drug-likeness (QED) is 0.325. The van der Waals surface area contributed by atoms with E-state index in [0.717, 1.165) is 20.4 Å². The third-order valence-corrected chi connectivity index (χ3v) is 7.23. The minimum absolute atomic E-state index is 0.223. The van der Waals surface area contributed by atoms with Crippen LogP contribution in [0.5, 0.6) is 11.5 Å². The fraction of sp³-hybridized carbons (Fsp3) is 0.240. The summed E-state index contributed by atoms with van der Waals surface area (Å²) in [5, 5.41) is 0. The zero-order valence-electron chi connectivity index (χ0n) is 19.1. The summed E-state index contributed by atoms with van der Waals surface area (Å²) in [6, 6.07) is 12.4. The Morgan fingerprint density at radius 1 is 1.21 bits per heavy atom. The summed E-state index contributed by atoms with van der Waals surface area (Å²) in [5.41, 5.74) is 2.25. The van der Waals surface area contributed by atoms with Crippen LogP contribution in [-0.4, -0.2) is 31.4 Å². The van der Waals surface area contributed by atoms with Crippen molar-refractivity contribution in [1.82, 2.24) is 4.57 Å². The Bertz CT molecular complexity index is 1470. The molecule has 1 aromatic heterocycles. The lowest BCUT2D eigenvalue weighted by atomic mass is 9.95. The van der Waals surface area contributed by atoms with Crippen molar-refractivity contribution in [2.75, 3.05) is 20.8 Å². The van der Waals surface area contributed by atoms with Crippen LogP contribution in [0, 0.1) is 3.57 Å². The monoisotopic (exact) mass is 590 g/mol. The molecule has 176 valence electrons. The number of thiazole rings is 1. The molecule has 2 heterocycles. The van der Waals surface area contributed by atoms with Crippen LogP contribution in [0.3, 0.4) is 0 Å². The molecular weight excluding hydrogens is 567 g/mol. The predicted molar refractivity (Wildman–Crippen MR) is 139 cm³/mol. The number of rotatable bonds is 6. The van der Waals surface area contributed by atoms with Gasteiger partial charge in [0.05, 0.1) is 46.2 Å². The largest absolute Gasteiger partial charge is 0.497 e. The van der Waals surface area contributed by atoms with Crippen molar-refractivity contribution in [3.05, 3.63) is 88.1 Å². The molecular formula is C25H23IN2O5S. The molecule has 1 aliphatic rings. The van der Waals surface area contributed by atoms with E-state index in [1.54, 1.807) is 32.6 Å². The average Bonchev–Trinajstić information content (AvgIpc) is 3.12. The van der Waals surface area contributed by atoms with Gasteiger partial charge in [0, 0.05) is 0 Å². The van der Waals surface area contributed by atoms with Crippen molar-refractivity contribution >= 4 is 46.0 Å². The van der Waals surface area contributed by atoms with E-state index >= 15 is 0 Å². The Balaban J connectivity index is 1.94. The molecule has 0 bridgehead atoms. The number of aromatic nitrogens is 1. The van der Waals surface area contributed by atoms with Gasteiger partial charge in [-0.25, -0.2) is 9.79 Å². The van der Waals surface area contributed by atoms with Gasteiger partial charge in [-0.15, -0.1) is 0 Å². The van der Waals surface area contributed by atoms with Gasteiger partial charge in [-0.3, -0.25) is 9.36 Å². The second kappa shape index (κ2) is 10.1. The summed E-state index contributed by atoms with van der Waals surface area (Å²) in [7, 11) is 3.20. The van der Waals surface area contributed by atoms with Crippen molar-refractivity contribution in [3.63, 3.8) is 0 Å². The molecule has 1 aliphatic heterocycles. The molecule has 0 radical (unpaired) electrons. The van der Waals surface area contributed by atoms with Crippen LogP contribution >= 0.6 is 33.9 Å². The molecule has 4 rings (SSSR count). The first-order chi connectivity index (χ1) is 16.4. The zero-order chi connectivity index (χ0) is 24.4. The molecule has 1 unspecified atom stereocenters. The van der Waals surface area contributed by atoms with Crippen LogP contribution in [0.1, 0.15) is 31.0 Å². The smallest absolute Gasteiger partial charge is 0.338 e. The van der Waals surface area contributed by atoms with E-state index in [0.29, 0.717) is 26.4 Å². The number of hydrogen-bond donors (Lipinski definition) is 0. The third kappa shape index (κ3) is 4.54. The highest BCUT2D eigenvalue weighted by atomic mass is 127. The topological polar surface area (TPSA) is 79.1 Å². The van der Waals surface area contributed by atoms with Gasteiger partial charge in [-0.2, -0.15) is 0 Å². The second-order valence-electron chi connectivity index (χ2n) is 7.47. The van der Waals surface area contributed by atoms with Crippen molar-refractivity contribution in [1.29, 1.82) is 0 Å². The molecule has 0 aliphatic carbocycles. The predicted octanol–water partition coefficient (Wildman–Crippen LogP) is 3.42. The van der Waals surface area contributed by atoms with Crippen LogP contribution in [0.15, 0.2) is 63.5 Å². The van der Waals surface area contributed by atoms with Gasteiger partial charge in [0.2, 0.25) is 0 Å². The van der Waals surface area contributed by atoms with Crippen LogP contribution in [0.2, 0.25) is 0 Å². The molecule has 0 spiro atoms. The lowest BCUT2D eigenvalue weighted by Crippen LogP contribution is -2.39. The van der Waals surface area contributed by atoms with Crippen LogP contribution in [0.25, 0.3) is 6.08 Å². The molecule has 0 N–H and O–H groups in total. The highest BCUT2D eigenvalue weighted by Crippen LogP contribution is 2.32. The first-order valence-electron chi connectivity index (χ1n) is 10.5. The number of ether oxygens (including phenoxy) is 3. The third-order valence-electron chi connectivity index (χ3n) is 5.40. The summed E-state index contributed by atoms with van der Waals surface area (Å²) in [5.74, 6) is 0.910. The Morgan fingerprint density at radius 2 is 2.00 bits per heavy atom. The molecule has 2 aromatic carbocycles. The van der Waals surface area contributed by atoms with E-state index in [9.17, 15) is 9.59 Å². The van der Waals surface area contributed by atoms with Crippen molar-refractivity contribution in [2.45, 2.75) is 19.9 Å². The molecule has 34 heavy (non-hydrogen) atoms. The molecule has 1 atom stereocenters. The number of carbonyl (C=O) groups excluding carboxylic acids is 1. The highest BCUT2D eigenvalue weighted by Gasteiger charge is 2.33. The van der Waals surface area contributed by atoms with Crippen molar-refractivity contribution in [2.24, 2.45) is 4.99 Å². The molecule has 7 nitrogen and oxygen atoms in total. The molecule has 0 saturated carbocycles. The number of hydrogen-bond acceptors (Lipinski definition) is 7. The molecule has 0 amide bonds. The average molecular weight is 590 g/mol. The number of benzene rings is 2. The van der Waals surface area contributed by atoms with Gasteiger partial charge in [0.1, 0.15) is 11.5 Å².